The Labute approximate surface area is 99.1 Å². The fourth-order valence-electron chi connectivity index (χ4n) is 2.08. The highest BCUT2D eigenvalue weighted by molar-refractivity contribution is 6.02. The lowest BCUT2D eigenvalue weighted by Gasteiger charge is -2.26. The van der Waals surface area contributed by atoms with Gasteiger partial charge in [-0.2, -0.15) is 0 Å². The average molecular weight is 234 g/mol. The molecule has 2 heterocycles. The molecule has 3 rings (SSSR count). The van der Waals surface area contributed by atoms with Crippen molar-refractivity contribution in [1.29, 1.82) is 0 Å². The third-order valence-corrected chi connectivity index (χ3v) is 3.05. The molecular weight excluding hydrogens is 220 g/mol. The average Bonchev–Trinajstić information content (AvgIpc) is 2.58. The van der Waals surface area contributed by atoms with E-state index >= 15 is 0 Å². The van der Waals surface area contributed by atoms with E-state index in [1.54, 1.807) is 7.05 Å². The summed E-state index contributed by atoms with van der Waals surface area (Å²) < 4.78 is 10.7. The zero-order valence-electron chi connectivity index (χ0n) is 9.53. The smallest absolute Gasteiger partial charge is 0.246 e. The number of nitrogens with one attached hydrogen (secondary N) is 2. The van der Waals surface area contributed by atoms with E-state index in [1.165, 1.54) is 0 Å². The Morgan fingerprint density at radius 3 is 2.94 bits per heavy atom. The zero-order valence-corrected chi connectivity index (χ0v) is 9.53. The van der Waals surface area contributed by atoms with E-state index in [2.05, 4.69) is 10.6 Å². The molecule has 90 valence electrons. The molecule has 1 aromatic rings. The van der Waals surface area contributed by atoms with Gasteiger partial charge in [0, 0.05) is 17.3 Å². The number of rotatable bonds is 3. The second kappa shape index (κ2) is 4.01. The second-order valence-corrected chi connectivity index (χ2v) is 4.24. The summed E-state index contributed by atoms with van der Waals surface area (Å²) in [6.07, 6.45) is 0.144. The van der Waals surface area contributed by atoms with E-state index in [0.29, 0.717) is 13.2 Å². The summed E-state index contributed by atoms with van der Waals surface area (Å²) in [7, 11) is 1.77. The molecule has 1 unspecified atom stereocenters. The number of ether oxygens (including phenoxy) is 2. The van der Waals surface area contributed by atoms with Crippen LogP contribution in [-0.2, 0) is 9.53 Å². The number of hydrogen-bond donors (Lipinski definition) is 2. The summed E-state index contributed by atoms with van der Waals surface area (Å²) >= 11 is 0. The van der Waals surface area contributed by atoms with Crippen molar-refractivity contribution < 1.29 is 14.3 Å². The summed E-state index contributed by atoms with van der Waals surface area (Å²) in [4.78, 5) is 11.6. The van der Waals surface area contributed by atoms with Crippen LogP contribution in [-0.4, -0.2) is 32.3 Å². The number of amides is 1. The quantitative estimate of drug-likeness (QED) is 0.807. The molecule has 0 aliphatic carbocycles. The zero-order chi connectivity index (χ0) is 11.8. The molecule has 1 atom stereocenters. The maximum Gasteiger partial charge on any atom is 0.246 e. The van der Waals surface area contributed by atoms with E-state index in [9.17, 15) is 4.79 Å². The van der Waals surface area contributed by atoms with Crippen molar-refractivity contribution in [3.05, 3.63) is 23.8 Å². The molecule has 0 bridgehead atoms. The van der Waals surface area contributed by atoms with Crippen LogP contribution in [0.2, 0.25) is 0 Å². The summed E-state index contributed by atoms with van der Waals surface area (Å²) in [6.45, 7) is 1.28. The van der Waals surface area contributed by atoms with E-state index in [1.807, 2.05) is 18.2 Å². The van der Waals surface area contributed by atoms with Gasteiger partial charge in [-0.05, 0) is 13.1 Å². The molecule has 5 heteroatoms. The Balaban J connectivity index is 1.82. The second-order valence-electron chi connectivity index (χ2n) is 4.24. The molecule has 1 fully saturated rings. The van der Waals surface area contributed by atoms with Crippen molar-refractivity contribution in [1.82, 2.24) is 5.32 Å². The number of benzene rings is 1. The van der Waals surface area contributed by atoms with Crippen LogP contribution in [0.25, 0.3) is 0 Å². The maximum atomic E-state index is 11.6. The van der Waals surface area contributed by atoms with E-state index in [-0.39, 0.29) is 18.1 Å². The van der Waals surface area contributed by atoms with Crippen molar-refractivity contribution in [3.8, 4) is 5.75 Å². The minimum Gasteiger partial charge on any atom is -0.486 e. The number of carbonyl (C=O) groups excluding carboxylic acids is 1. The third-order valence-electron chi connectivity index (χ3n) is 3.05. The van der Waals surface area contributed by atoms with Crippen LogP contribution < -0.4 is 15.4 Å². The van der Waals surface area contributed by atoms with Crippen molar-refractivity contribution >= 4 is 11.6 Å². The van der Waals surface area contributed by atoms with Crippen LogP contribution in [0, 0.1) is 0 Å². The molecule has 0 radical (unpaired) electrons. The predicted octanol–water partition coefficient (Wildman–Crippen LogP) is 0.677. The van der Waals surface area contributed by atoms with Crippen LogP contribution >= 0.6 is 0 Å². The normalized spacial score (nSPS) is 22.9. The lowest BCUT2D eigenvalue weighted by atomic mass is 10.1. The first-order valence-corrected chi connectivity index (χ1v) is 5.64. The van der Waals surface area contributed by atoms with E-state index in [4.69, 9.17) is 9.47 Å². The topological polar surface area (TPSA) is 59.6 Å². The highest BCUT2D eigenvalue weighted by atomic mass is 16.6. The molecule has 0 spiro atoms. The molecule has 5 nitrogen and oxygen atoms in total. The first-order valence-electron chi connectivity index (χ1n) is 5.64. The molecule has 1 amide bonds. The van der Waals surface area contributed by atoms with E-state index < -0.39 is 0 Å². The Kier molecular flexibility index (Phi) is 2.49. The van der Waals surface area contributed by atoms with Crippen molar-refractivity contribution in [2.24, 2.45) is 0 Å². The Hall–Kier alpha value is -1.59. The molecule has 0 saturated carbocycles. The summed E-state index contributed by atoms with van der Waals surface area (Å²) in [5, 5.41) is 5.81. The molecule has 0 aromatic heterocycles. The molecule has 1 saturated heterocycles. The molecule has 17 heavy (non-hydrogen) atoms. The first-order chi connectivity index (χ1) is 8.28. The fraction of sp³-hybridized carbons (Fsp3) is 0.417. The van der Waals surface area contributed by atoms with Crippen LogP contribution in [0.15, 0.2) is 18.2 Å². The summed E-state index contributed by atoms with van der Waals surface area (Å²) in [6, 6.07) is 5.42. The first kappa shape index (κ1) is 10.6. The molecule has 2 aliphatic heterocycles. The Morgan fingerprint density at radius 2 is 2.29 bits per heavy atom. The minimum atomic E-state index is -0.258. The third kappa shape index (κ3) is 1.77. The van der Waals surface area contributed by atoms with E-state index in [0.717, 1.165) is 17.0 Å². The van der Waals surface area contributed by atoms with Gasteiger partial charge >= 0.3 is 0 Å². The van der Waals surface area contributed by atoms with Gasteiger partial charge in [-0.3, -0.25) is 4.79 Å². The lowest BCUT2D eigenvalue weighted by molar-refractivity contribution is -0.117. The molecular formula is C12H14N2O3. The summed E-state index contributed by atoms with van der Waals surface area (Å²) in [5.41, 5.74) is 1.79. The van der Waals surface area contributed by atoms with Gasteiger partial charge in [-0.15, -0.1) is 0 Å². The SMILES string of the molecule is CNC1C(=O)Nc2cc(OC3COC3)ccc21. The van der Waals surface area contributed by atoms with Gasteiger partial charge in [0.1, 0.15) is 17.9 Å². The monoisotopic (exact) mass is 234 g/mol. The molecule has 2 N–H and O–H groups in total. The standard InChI is InChI=1S/C12H14N2O3/c1-13-11-9-3-2-7(17-8-5-16-6-8)4-10(9)14-12(11)15/h2-4,8,11,13H,5-6H2,1H3,(H,14,15). The summed E-state index contributed by atoms with van der Waals surface area (Å²) in [5.74, 6) is 0.751. The van der Waals surface area contributed by atoms with Gasteiger partial charge < -0.3 is 20.1 Å². The number of hydrogen-bond acceptors (Lipinski definition) is 4. The number of carbonyl (C=O) groups is 1. The van der Waals surface area contributed by atoms with Crippen LogP contribution in [0.1, 0.15) is 11.6 Å². The van der Waals surface area contributed by atoms with Crippen LogP contribution in [0.5, 0.6) is 5.75 Å². The van der Waals surface area contributed by atoms with Gasteiger partial charge in [0.25, 0.3) is 0 Å². The molecule has 2 aliphatic rings. The fourth-order valence-corrected chi connectivity index (χ4v) is 2.08. The largest absolute Gasteiger partial charge is 0.486 e. The van der Waals surface area contributed by atoms with Gasteiger partial charge in [0.2, 0.25) is 5.91 Å². The number of fused-ring (bicyclic) bond motifs is 1. The highest BCUT2D eigenvalue weighted by Gasteiger charge is 2.29. The molecule has 1 aromatic carbocycles. The lowest BCUT2D eigenvalue weighted by Crippen LogP contribution is -2.38. The Bertz CT molecular complexity index is 457. The Morgan fingerprint density at radius 1 is 1.47 bits per heavy atom. The van der Waals surface area contributed by atoms with Crippen LogP contribution in [0.4, 0.5) is 5.69 Å². The highest BCUT2D eigenvalue weighted by Crippen LogP contribution is 2.33. The van der Waals surface area contributed by atoms with Gasteiger partial charge in [-0.25, -0.2) is 0 Å². The van der Waals surface area contributed by atoms with Crippen molar-refractivity contribution in [2.75, 3.05) is 25.6 Å². The van der Waals surface area contributed by atoms with Gasteiger partial charge in [0.15, 0.2) is 0 Å². The van der Waals surface area contributed by atoms with Crippen molar-refractivity contribution in [2.45, 2.75) is 12.1 Å². The minimum absolute atomic E-state index is 0.0216. The maximum absolute atomic E-state index is 11.6. The number of likely N-dealkylation sites (N-methyl/N-ethyl adjacent to an activating group) is 1. The van der Waals surface area contributed by atoms with Crippen LogP contribution in [0.3, 0.4) is 0 Å². The van der Waals surface area contributed by atoms with Gasteiger partial charge in [-0.1, -0.05) is 6.07 Å². The van der Waals surface area contributed by atoms with Gasteiger partial charge in [0.05, 0.1) is 13.2 Å². The predicted molar refractivity (Wildman–Crippen MR) is 62.1 cm³/mol. The number of anilines is 1. The van der Waals surface area contributed by atoms with Crippen molar-refractivity contribution in [3.63, 3.8) is 0 Å².